The van der Waals surface area contributed by atoms with Crippen LogP contribution in [0.25, 0.3) is 11.5 Å². The predicted molar refractivity (Wildman–Crippen MR) is 98.0 cm³/mol. The number of likely N-dealkylation sites (N-methyl/N-ethyl adjacent to an activating group) is 1. The van der Waals surface area contributed by atoms with Crippen LogP contribution in [0.3, 0.4) is 0 Å². The number of halogens is 1. The van der Waals surface area contributed by atoms with Crippen molar-refractivity contribution in [2.45, 2.75) is 13.3 Å². The van der Waals surface area contributed by atoms with Crippen LogP contribution in [0.2, 0.25) is 0 Å². The molecule has 1 amide bonds. The van der Waals surface area contributed by atoms with Gasteiger partial charge in [0, 0.05) is 20.0 Å². The number of nitrogens with zero attached hydrogens (tertiary/aromatic N) is 3. The summed E-state index contributed by atoms with van der Waals surface area (Å²) in [6, 6.07) is 13.3. The van der Waals surface area contributed by atoms with E-state index in [2.05, 4.69) is 10.1 Å². The lowest BCUT2D eigenvalue weighted by molar-refractivity contribution is 0.0791. The Labute approximate surface area is 156 Å². The summed E-state index contributed by atoms with van der Waals surface area (Å²) in [6.45, 7) is 2.74. The minimum atomic E-state index is -0.424. The highest BCUT2D eigenvalue weighted by molar-refractivity contribution is 5.96. The van der Waals surface area contributed by atoms with Gasteiger partial charge in [0.05, 0.1) is 17.7 Å². The van der Waals surface area contributed by atoms with Crippen molar-refractivity contribution in [3.63, 3.8) is 0 Å². The topological polar surface area (TPSA) is 68.5 Å². The van der Waals surface area contributed by atoms with Gasteiger partial charge < -0.3 is 14.2 Å². The molecule has 0 N–H and O–H groups in total. The molecule has 3 rings (SSSR count). The van der Waals surface area contributed by atoms with Gasteiger partial charge >= 0.3 is 0 Å². The zero-order valence-electron chi connectivity index (χ0n) is 15.2. The summed E-state index contributed by atoms with van der Waals surface area (Å²) in [7, 11) is 1.70. The van der Waals surface area contributed by atoms with Crippen LogP contribution in [0.1, 0.15) is 23.1 Å². The molecule has 1 aromatic heterocycles. The van der Waals surface area contributed by atoms with E-state index >= 15 is 0 Å². The van der Waals surface area contributed by atoms with Crippen molar-refractivity contribution in [2.24, 2.45) is 0 Å². The number of ether oxygens (including phenoxy) is 1. The van der Waals surface area contributed by atoms with Crippen molar-refractivity contribution in [3.8, 4) is 17.2 Å². The molecule has 0 radical (unpaired) electrons. The van der Waals surface area contributed by atoms with Crippen LogP contribution in [0.15, 0.2) is 53.1 Å². The zero-order valence-corrected chi connectivity index (χ0v) is 15.2. The summed E-state index contributed by atoms with van der Waals surface area (Å²) >= 11 is 0. The first-order chi connectivity index (χ1) is 13.1. The van der Waals surface area contributed by atoms with Gasteiger partial charge in [-0.25, -0.2) is 4.39 Å². The number of para-hydroxylation sites is 1. The van der Waals surface area contributed by atoms with Gasteiger partial charge in [0.2, 0.25) is 0 Å². The molecule has 0 aliphatic rings. The van der Waals surface area contributed by atoms with Crippen molar-refractivity contribution in [2.75, 3.05) is 20.2 Å². The first kappa shape index (κ1) is 18.6. The Morgan fingerprint density at radius 3 is 2.70 bits per heavy atom. The van der Waals surface area contributed by atoms with Gasteiger partial charge in [-0.2, -0.15) is 4.98 Å². The fraction of sp³-hybridized carbons (Fsp3) is 0.250. The molecule has 0 spiro atoms. The van der Waals surface area contributed by atoms with Gasteiger partial charge in [-0.3, -0.25) is 4.79 Å². The molecule has 0 bridgehead atoms. The number of amides is 1. The SMILES string of the molecule is CCOc1ccccc1C(=O)N(C)CCc1noc(-c2ccccc2F)n1. The Morgan fingerprint density at radius 1 is 1.19 bits per heavy atom. The number of carbonyl (C=O) groups is 1. The van der Waals surface area contributed by atoms with E-state index in [-0.39, 0.29) is 17.4 Å². The molecule has 0 aliphatic heterocycles. The quantitative estimate of drug-likeness (QED) is 0.637. The van der Waals surface area contributed by atoms with Gasteiger partial charge in [-0.15, -0.1) is 0 Å². The van der Waals surface area contributed by atoms with Crippen LogP contribution in [-0.4, -0.2) is 41.1 Å². The molecule has 3 aromatic rings. The lowest BCUT2D eigenvalue weighted by Gasteiger charge is -2.18. The van der Waals surface area contributed by atoms with Crippen molar-refractivity contribution in [3.05, 3.63) is 65.7 Å². The minimum Gasteiger partial charge on any atom is -0.493 e. The summed E-state index contributed by atoms with van der Waals surface area (Å²) < 4.78 is 24.4. The summed E-state index contributed by atoms with van der Waals surface area (Å²) in [5, 5.41) is 3.87. The molecular weight excluding hydrogens is 349 g/mol. The van der Waals surface area contributed by atoms with Gasteiger partial charge in [0.25, 0.3) is 11.8 Å². The van der Waals surface area contributed by atoms with Gasteiger partial charge in [0.15, 0.2) is 5.82 Å². The number of hydrogen-bond acceptors (Lipinski definition) is 5. The van der Waals surface area contributed by atoms with Crippen LogP contribution in [0, 0.1) is 5.82 Å². The normalized spacial score (nSPS) is 10.6. The number of hydrogen-bond donors (Lipinski definition) is 0. The van der Waals surface area contributed by atoms with E-state index < -0.39 is 5.82 Å². The maximum Gasteiger partial charge on any atom is 0.260 e. The summed E-state index contributed by atoms with van der Waals surface area (Å²) in [6.07, 6.45) is 0.386. The van der Waals surface area contributed by atoms with E-state index in [1.807, 2.05) is 13.0 Å². The largest absolute Gasteiger partial charge is 0.493 e. The average molecular weight is 369 g/mol. The first-order valence-electron chi connectivity index (χ1n) is 8.65. The smallest absolute Gasteiger partial charge is 0.260 e. The second-order valence-corrected chi connectivity index (χ2v) is 5.90. The molecule has 1 heterocycles. The van der Waals surface area contributed by atoms with Crippen molar-refractivity contribution < 1.29 is 18.4 Å². The second kappa shape index (κ2) is 8.44. The van der Waals surface area contributed by atoms with Crippen LogP contribution in [0.4, 0.5) is 4.39 Å². The van der Waals surface area contributed by atoms with Gasteiger partial charge in [0.1, 0.15) is 11.6 Å². The first-order valence-corrected chi connectivity index (χ1v) is 8.65. The predicted octanol–water partition coefficient (Wildman–Crippen LogP) is 3.59. The fourth-order valence-corrected chi connectivity index (χ4v) is 2.60. The van der Waals surface area contributed by atoms with Crippen LogP contribution >= 0.6 is 0 Å². The van der Waals surface area contributed by atoms with Crippen molar-refractivity contribution in [1.29, 1.82) is 0 Å². The van der Waals surface area contributed by atoms with E-state index in [4.69, 9.17) is 9.26 Å². The van der Waals surface area contributed by atoms with Crippen LogP contribution < -0.4 is 4.74 Å². The molecule has 0 fully saturated rings. The standard InChI is InChI=1S/C20H20FN3O3/c1-3-26-17-11-7-5-9-15(17)20(25)24(2)13-12-18-22-19(27-23-18)14-8-4-6-10-16(14)21/h4-11H,3,12-13H2,1-2H3. The molecule has 140 valence electrons. The Morgan fingerprint density at radius 2 is 1.93 bits per heavy atom. The highest BCUT2D eigenvalue weighted by Gasteiger charge is 2.18. The highest BCUT2D eigenvalue weighted by atomic mass is 19.1. The van der Waals surface area contributed by atoms with Gasteiger partial charge in [-0.1, -0.05) is 29.4 Å². The summed E-state index contributed by atoms with van der Waals surface area (Å²) in [4.78, 5) is 18.4. The maximum absolute atomic E-state index is 13.8. The zero-order chi connectivity index (χ0) is 19.2. The molecule has 0 saturated carbocycles. The molecule has 0 aliphatic carbocycles. The number of benzene rings is 2. The fourth-order valence-electron chi connectivity index (χ4n) is 2.60. The molecule has 0 atom stereocenters. The minimum absolute atomic E-state index is 0.124. The van der Waals surface area contributed by atoms with Crippen LogP contribution in [-0.2, 0) is 6.42 Å². The van der Waals surface area contributed by atoms with E-state index in [0.29, 0.717) is 36.7 Å². The van der Waals surface area contributed by atoms with Gasteiger partial charge in [-0.05, 0) is 31.2 Å². The van der Waals surface area contributed by atoms with Crippen molar-refractivity contribution in [1.82, 2.24) is 15.0 Å². The van der Waals surface area contributed by atoms with Crippen molar-refractivity contribution >= 4 is 5.91 Å². The Bertz CT molecular complexity index is 926. The molecule has 27 heavy (non-hydrogen) atoms. The molecule has 2 aromatic carbocycles. The van der Waals surface area contributed by atoms with E-state index in [1.165, 1.54) is 6.07 Å². The Hall–Kier alpha value is -3.22. The van der Waals surface area contributed by atoms with E-state index in [1.54, 1.807) is 48.3 Å². The summed E-state index contributed by atoms with van der Waals surface area (Å²) in [5.74, 6) is 0.507. The van der Waals surface area contributed by atoms with E-state index in [0.717, 1.165) is 0 Å². The Kier molecular flexibility index (Phi) is 5.80. The lowest BCUT2D eigenvalue weighted by Crippen LogP contribution is -2.29. The number of aromatic nitrogens is 2. The van der Waals surface area contributed by atoms with Crippen LogP contribution in [0.5, 0.6) is 5.75 Å². The second-order valence-electron chi connectivity index (χ2n) is 5.90. The average Bonchev–Trinajstić information content (AvgIpc) is 3.15. The Balaban J connectivity index is 1.65. The third-order valence-corrected chi connectivity index (χ3v) is 4.01. The number of rotatable bonds is 7. The molecule has 0 unspecified atom stereocenters. The maximum atomic E-state index is 13.8. The third kappa shape index (κ3) is 4.31. The third-order valence-electron chi connectivity index (χ3n) is 4.01. The van der Waals surface area contributed by atoms with E-state index in [9.17, 15) is 9.18 Å². The molecule has 7 heteroatoms. The highest BCUT2D eigenvalue weighted by Crippen LogP contribution is 2.21. The molecule has 6 nitrogen and oxygen atoms in total. The lowest BCUT2D eigenvalue weighted by atomic mass is 10.1. The number of carbonyl (C=O) groups excluding carboxylic acids is 1. The summed E-state index contributed by atoms with van der Waals surface area (Å²) in [5.41, 5.74) is 0.758. The monoisotopic (exact) mass is 369 g/mol. The molecule has 0 saturated heterocycles. The molecular formula is C20H20FN3O3.